The number of primary amides is 1. The quantitative estimate of drug-likeness (QED) is 0.854. The van der Waals surface area contributed by atoms with Gasteiger partial charge < -0.3 is 19.7 Å². The topological polar surface area (TPSA) is 121 Å². The first-order valence-electron chi connectivity index (χ1n) is 7.94. The lowest BCUT2D eigenvalue weighted by atomic mass is 10.2. The second kappa shape index (κ2) is 7.61. The first-order valence-corrected chi connectivity index (χ1v) is 7.94. The van der Waals surface area contributed by atoms with Crippen LogP contribution in [-0.2, 0) is 20.7 Å². The van der Waals surface area contributed by atoms with E-state index in [1.54, 1.807) is 4.90 Å². The predicted molar refractivity (Wildman–Crippen MR) is 82.9 cm³/mol. The molecule has 2 rings (SSSR count). The van der Waals surface area contributed by atoms with E-state index >= 15 is 0 Å². The van der Waals surface area contributed by atoms with Crippen LogP contribution in [0, 0.1) is 0 Å². The Morgan fingerprint density at radius 3 is 2.83 bits per heavy atom. The number of carbonyl (C=O) groups is 2. The molecular weight excluding hydrogens is 316 g/mol. The number of nitrogens with two attached hydrogens (primary N) is 1. The summed E-state index contributed by atoms with van der Waals surface area (Å²) < 4.78 is 16.0. The molecule has 2 amide bonds. The number of hydrogen-bond acceptors (Lipinski definition) is 7. The maximum atomic E-state index is 12.4. The number of amides is 2. The van der Waals surface area contributed by atoms with Gasteiger partial charge in [0.15, 0.2) is 5.82 Å². The molecule has 0 unspecified atom stereocenters. The molecule has 0 aliphatic carbocycles. The Bertz CT molecular complexity index is 581. The van der Waals surface area contributed by atoms with E-state index in [1.807, 2.05) is 20.8 Å². The Balaban J connectivity index is 2.03. The molecular formula is C15H24N4O5. The summed E-state index contributed by atoms with van der Waals surface area (Å²) in [6.45, 7) is 6.53. The van der Waals surface area contributed by atoms with Crippen molar-refractivity contribution >= 4 is 12.0 Å². The van der Waals surface area contributed by atoms with Gasteiger partial charge in [0, 0.05) is 19.4 Å². The van der Waals surface area contributed by atoms with Crippen LogP contribution in [0.1, 0.15) is 51.4 Å². The summed E-state index contributed by atoms with van der Waals surface area (Å²) in [4.78, 5) is 29.0. The maximum absolute atomic E-state index is 12.4. The van der Waals surface area contributed by atoms with Crippen molar-refractivity contribution in [3.63, 3.8) is 0 Å². The third-order valence-electron chi connectivity index (χ3n) is 3.35. The molecule has 1 saturated heterocycles. The average Bonchev–Trinajstić information content (AvgIpc) is 2.94. The van der Waals surface area contributed by atoms with E-state index in [1.165, 1.54) is 0 Å². The van der Waals surface area contributed by atoms with E-state index in [9.17, 15) is 9.59 Å². The standard InChI is InChI=1S/C15H24N4O5/c1-15(2,3)23-14(21)19-7-8-22-9-10(19)13-17-12(24-18-13)6-4-5-11(16)20/h10H,4-9H2,1-3H3,(H2,16,20)/t10-/m0/s1. The zero-order valence-corrected chi connectivity index (χ0v) is 14.3. The maximum Gasteiger partial charge on any atom is 0.411 e. The predicted octanol–water partition coefficient (Wildman–Crippen LogP) is 1.19. The van der Waals surface area contributed by atoms with Crippen molar-refractivity contribution in [3.05, 3.63) is 11.7 Å². The largest absolute Gasteiger partial charge is 0.444 e. The van der Waals surface area contributed by atoms with Crippen LogP contribution in [0.25, 0.3) is 0 Å². The fourth-order valence-electron chi connectivity index (χ4n) is 2.28. The minimum atomic E-state index is -0.586. The molecule has 24 heavy (non-hydrogen) atoms. The second-order valence-corrected chi connectivity index (χ2v) is 6.63. The van der Waals surface area contributed by atoms with Crippen molar-refractivity contribution in [1.82, 2.24) is 15.0 Å². The smallest absolute Gasteiger partial charge is 0.411 e. The normalized spacial score (nSPS) is 18.5. The van der Waals surface area contributed by atoms with Crippen LogP contribution in [0.4, 0.5) is 4.79 Å². The summed E-state index contributed by atoms with van der Waals surface area (Å²) in [5, 5.41) is 3.94. The number of hydrogen-bond donors (Lipinski definition) is 1. The third kappa shape index (κ3) is 5.19. The second-order valence-electron chi connectivity index (χ2n) is 6.63. The summed E-state index contributed by atoms with van der Waals surface area (Å²) in [7, 11) is 0. The van der Waals surface area contributed by atoms with Crippen LogP contribution in [0.2, 0.25) is 0 Å². The molecule has 1 aliphatic heterocycles. The van der Waals surface area contributed by atoms with Crippen LogP contribution < -0.4 is 5.73 Å². The zero-order chi connectivity index (χ0) is 17.7. The molecule has 1 aliphatic rings. The first kappa shape index (κ1) is 18.2. The summed E-state index contributed by atoms with van der Waals surface area (Å²) in [6, 6.07) is -0.456. The zero-order valence-electron chi connectivity index (χ0n) is 14.3. The molecule has 0 spiro atoms. The van der Waals surface area contributed by atoms with Gasteiger partial charge in [-0.1, -0.05) is 5.16 Å². The van der Waals surface area contributed by atoms with Gasteiger partial charge in [-0.2, -0.15) is 4.98 Å². The van der Waals surface area contributed by atoms with Crippen LogP contribution >= 0.6 is 0 Å². The van der Waals surface area contributed by atoms with Crippen LogP contribution in [0.5, 0.6) is 0 Å². The van der Waals surface area contributed by atoms with Gasteiger partial charge in [0.2, 0.25) is 11.8 Å². The minimum absolute atomic E-state index is 0.258. The van der Waals surface area contributed by atoms with Crippen molar-refractivity contribution in [3.8, 4) is 0 Å². The van der Waals surface area contributed by atoms with Gasteiger partial charge >= 0.3 is 6.09 Å². The van der Waals surface area contributed by atoms with E-state index < -0.39 is 17.7 Å². The Morgan fingerprint density at radius 2 is 2.17 bits per heavy atom. The van der Waals surface area contributed by atoms with Gasteiger partial charge in [0.1, 0.15) is 11.6 Å². The van der Waals surface area contributed by atoms with Gasteiger partial charge in [-0.25, -0.2) is 4.79 Å². The molecule has 9 nitrogen and oxygen atoms in total. The highest BCUT2D eigenvalue weighted by Crippen LogP contribution is 2.24. The monoisotopic (exact) mass is 340 g/mol. The van der Waals surface area contributed by atoms with E-state index in [2.05, 4.69) is 10.1 Å². The molecule has 2 heterocycles. The van der Waals surface area contributed by atoms with E-state index in [0.717, 1.165) is 0 Å². The number of aromatic nitrogens is 2. The highest BCUT2D eigenvalue weighted by atomic mass is 16.6. The SMILES string of the molecule is CC(C)(C)OC(=O)N1CCOC[C@H]1c1noc(CCCC(N)=O)n1. The lowest BCUT2D eigenvalue weighted by Gasteiger charge is -2.34. The lowest BCUT2D eigenvalue weighted by Crippen LogP contribution is -2.46. The highest BCUT2D eigenvalue weighted by Gasteiger charge is 2.34. The van der Waals surface area contributed by atoms with Crippen LogP contribution in [-0.4, -0.2) is 52.4 Å². The Hall–Kier alpha value is -2.16. The van der Waals surface area contributed by atoms with Gasteiger partial charge in [-0.3, -0.25) is 9.69 Å². The van der Waals surface area contributed by atoms with Crippen molar-refractivity contribution < 1.29 is 23.6 Å². The number of nitrogens with zero attached hydrogens (tertiary/aromatic N) is 3. The molecule has 9 heteroatoms. The molecule has 134 valence electrons. The first-order chi connectivity index (χ1) is 11.3. The van der Waals surface area contributed by atoms with Crippen molar-refractivity contribution in [1.29, 1.82) is 0 Å². The molecule has 1 fully saturated rings. The molecule has 0 aromatic carbocycles. The number of carbonyl (C=O) groups excluding carboxylic acids is 2. The number of ether oxygens (including phenoxy) is 2. The van der Waals surface area contributed by atoms with Gasteiger partial charge in [0.05, 0.1) is 13.2 Å². The van der Waals surface area contributed by atoms with Crippen molar-refractivity contribution in [2.75, 3.05) is 19.8 Å². The summed E-state index contributed by atoms with van der Waals surface area (Å²) in [6.07, 6.45) is 0.814. The Labute approximate surface area is 140 Å². The highest BCUT2D eigenvalue weighted by molar-refractivity contribution is 5.73. The molecule has 1 aromatic heterocycles. The number of aryl methyl sites for hydroxylation is 1. The van der Waals surface area contributed by atoms with Gasteiger partial charge in [-0.05, 0) is 27.2 Å². The van der Waals surface area contributed by atoms with Crippen LogP contribution in [0.3, 0.4) is 0 Å². The fraction of sp³-hybridized carbons (Fsp3) is 0.733. The van der Waals surface area contributed by atoms with Crippen LogP contribution in [0.15, 0.2) is 4.52 Å². The van der Waals surface area contributed by atoms with E-state index in [4.69, 9.17) is 19.7 Å². The summed E-state index contributed by atoms with van der Waals surface area (Å²) in [5.74, 6) is 0.405. The molecule has 0 radical (unpaired) electrons. The summed E-state index contributed by atoms with van der Waals surface area (Å²) in [5.41, 5.74) is 4.51. The lowest BCUT2D eigenvalue weighted by molar-refractivity contribution is -0.118. The van der Waals surface area contributed by atoms with Crippen molar-refractivity contribution in [2.45, 2.75) is 51.7 Å². The summed E-state index contributed by atoms with van der Waals surface area (Å²) >= 11 is 0. The average molecular weight is 340 g/mol. The minimum Gasteiger partial charge on any atom is -0.444 e. The molecule has 0 saturated carbocycles. The van der Waals surface area contributed by atoms with Crippen molar-refractivity contribution in [2.24, 2.45) is 5.73 Å². The molecule has 0 bridgehead atoms. The van der Waals surface area contributed by atoms with E-state index in [0.29, 0.717) is 37.7 Å². The third-order valence-corrected chi connectivity index (χ3v) is 3.35. The van der Waals surface area contributed by atoms with E-state index in [-0.39, 0.29) is 18.9 Å². The molecule has 1 aromatic rings. The van der Waals surface area contributed by atoms with Gasteiger partial charge in [0.25, 0.3) is 0 Å². The Kier molecular flexibility index (Phi) is 5.76. The number of morpholine rings is 1. The molecule has 2 N–H and O–H groups in total. The van der Waals surface area contributed by atoms with Gasteiger partial charge in [-0.15, -0.1) is 0 Å². The number of rotatable bonds is 5. The molecule has 1 atom stereocenters. The fourth-order valence-corrected chi connectivity index (χ4v) is 2.28. The Morgan fingerprint density at radius 1 is 1.42 bits per heavy atom.